The Morgan fingerprint density at radius 2 is 2.00 bits per heavy atom. The van der Waals surface area contributed by atoms with Crippen molar-refractivity contribution in [1.29, 1.82) is 0 Å². The Morgan fingerprint density at radius 3 is 2.57 bits per heavy atom. The largest absolute Gasteiger partial charge is 0.393 e. The van der Waals surface area contributed by atoms with Gasteiger partial charge in [-0.2, -0.15) is 13.2 Å². The number of anilines is 1. The molecule has 0 bridgehead atoms. The lowest BCUT2D eigenvalue weighted by molar-refractivity contribution is -0.180. The van der Waals surface area contributed by atoms with Gasteiger partial charge in [0.25, 0.3) is 0 Å². The molecule has 21 heavy (non-hydrogen) atoms. The summed E-state index contributed by atoms with van der Waals surface area (Å²) >= 11 is 0. The first kappa shape index (κ1) is 15.8. The number of alkyl halides is 3. The second kappa shape index (κ2) is 6.05. The fourth-order valence-corrected chi connectivity index (χ4v) is 2.45. The molecule has 1 aliphatic heterocycles. The van der Waals surface area contributed by atoms with Gasteiger partial charge in [0.05, 0.1) is 12.0 Å². The molecule has 1 fully saturated rings. The Labute approximate surface area is 121 Å². The molecule has 0 saturated carbocycles. The van der Waals surface area contributed by atoms with Gasteiger partial charge in [-0.15, -0.1) is 0 Å². The van der Waals surface area contributed by atoms with E-state index in [1.54, 1.807) is 0 Å². The Hall–Kier alpha value is -1.56. The van der Waals surface area contributed by atoms with Crippen LogP contribution in [-0.2, 0) is 4.79 Å². The number of rotatable bonds is 2. The number of carbonyl (C=O) groups excluding carboxylic acids is 1. The highest BCUT2D eigenvalue weighted by Gasteiger charge is 2.42. The van der Waals surface area contributed by atoms with Gasteiger partial charge in [0, 0.05) is 12.2 Å². The first-order valence-corrected chi connectivity index (χ1v) is 6.95. The smallest absolute Gasteiger partial charge is 0.324 e. The number of aryl methyl sites for hydroxylation is 2. The zero-order chi connectivity index (χ0) is 15.6. The van der Waals surface area contributed by atoms with Crippen molar-refractivity contribution < 1.29 is 18.0 Å². The van der Waals surface area contributed by atoms with E-state index < -0.39 is 18.1 Å². The number of hydrogen-bond donors (Lipinski definition) is 2. The molecular formula is C15H19F3N2O. The van der Waals surface area contributed by atoms with E-state index in [0.717, 1.165) is 11.1 Å². The molecule has 2 N–H and O–H groups in total. The summed E-state index contributed by atoms with van der Waals surface area (Å²) in [6.45, 7) is 3.60. The summed E-state index contributed by atoms with van der Waals surface area (Å²) in [7, 11) is 0. The first-order valence-electron chi connectivity index (χ1n) is 6.95. The fraction of sp³-hybridized carbons (Fsp3) is 0.533. The van der Waals surface area contributed by atoms with Crippen molar-refractivity contribution in [2.45, 2.75) is 38.9 Å². The van der Waals surface area contributed by atoms with Gasteiger partial charge < -0.3 is 10.6 Å². The predicted octanol–water partition coefficient (Wildman–Crippen LogP) is 3.17. The average molecular weight is 300 g/mol. The van der Waals surface area contributed by atoms with Gasteiger partial charge in [-0.1, -0.05) is 12.1 Å². The average Bonchev–Trinajstić information content (AvgIpc) is 2.42. The summed E-state index contributed by atoms with van der Waals surface area (Å²) in [4.78, 5) is 12.1. The van der Waals surface area contributed by atoms with Gasteiger partial charge in [0.1, 0.15) is 0 Å². The molecule has 6 heteroatoms. The molecule has 2 rings (SSSR count). The third-order valence-corrected chi connectivity index (χ3v) is 3.84. The summed E-state index contributed by atoms with van der Waals surface area (Å²) in [6.07, 6.45) is -4.01. The second-order valence-corrected chi connectivity index (χ2v) is 5.58. The Kier molecular flexibility index (Phi) is 4.56. The van der Waals surface area contributed by atoms with Crippen LogP contribution in [0.15, 0.2) is 18.2 Å². The maximum absolute atomic E-state index is 12.6. The van der Waals surface area contributed by atoms with Crippen LogP contribution in [0, 0.1) is 19.8 Å². The lowest BCUT2D eigenvalue weighted by Crippen LogP contribution is -2.49. The zero-order valence-corrected chi connectivity index (χ0v) is 12.1. The Balaban J connectivity index is 1.95. The van der Waals surface area contributed by atoms with Crippen molar-refractivity contribution in [2.24, 2.45) is 5.92 Å². The summed E-state index contributed by atoms with van der Waals surface area (Å²) in [5, 5.41) is 5.49. The first-order chi connectivity index (χ1) is 9.77. The van der Waals surface area contributed by atoms with Crippen molar-refractivity contribution in [3.63, 3.8) is 0 Å². The summed E-state index contributed by atoms with van der Waals surface area (Å²) in [5.41, 5.74) is 2.65. The quantitative estimate of drug-likeness (QED) is 0.881. The molecule has 1 aromatic rings. The molecule has 0 aliphatic carbocycles. The van der Waals surface area contributed by atoms with Crippen LogP contribution < -0.4 is 10.6 Å². The van der Waals surface area contributed by atoms with Crippen LogP contribution in [0.3, 0.4) is 0 Å². The lowest BCUT2D eigenvalue weighted by Gasteiger charge is -2.30. The summed E-state index contributed by atoms with van der Waals surface area (Å²) in [6, 6.07) is 5.13. The van der Waals surface area contributed by atoms with Gasteiger partial charge in [0.2, 0.25) is 5.91 Å². The second-order valence-electron chi connectivity index (χ2n) is 5.58. The number of halogens is 3. The van der Waals surface area contributed by atoms with Crippen LogP contribution in [0.4, 0.5) is 18.9 Å². The van der Waals surface area contributed by atoms with Crippen molar-refractivity contribution in [3.05, 3.63) is 29.3 Å². The van der Waals surface area contributed by atoms with Gasteiger partial charge >= 0.3 is 6.18 Å². The van der Waals surface area contributed by atoms with E-state index >= 15 is 0 Å². The highest BCUT2D eigenvalue weighted by Crippen LogP contribution is 2.32. The summed E-state index contributed by atoms with van der Waals surface area (Å²) < 4.78 is 37.7. The van der Waals surface area contributed by atoms with Gasteiger partial charge in [-0.25, -0.2) is 0 Å². The lowest BCUT2D eigenvalue weighted by atomic mass is 9.94. The van der Waals surface area contributed by atoms with Crippen LogP contribution in [0.2, 0.25) is 0 Å². The Morgan fingerprint density at radius 1 is 1.29 bits per heavy atom. The van der Waals surface area contributed by atoms with Crippen LogP contribution in [0.25, 0.3) is 0 Å². The zero-order valence-electron chi connectivity index (χ0n) is 12.1. The van der Waals surface area contributed by atoms with E-state index in [9.17, 15) is 18.0 Å². The minimum Gasteiger partial charge on any atom is -0.324 e. The SMILES string of the molecule is Cc1ccc(C)c(NC(=O)C2CCC(C(F)(F)F)CN2)c1. The molecular weight excluding hydrogens is 281 g/mol. The van der Waals surface area contributed by atoms with Crippen LogP contribution in [-0.4, -0.2) is 24.7 Å². The molecule has 0 spiro atoms. The van der Waals surface area contributed by atoms with Crippen LogP contribution >= 0.6 is 0 Å². The van der Waals surface area contributed by atoms with Gasteiger partial charge in [-0.3, -0.25) is 4.79 Å². The standard InChI is InChI=1S/C15H19F3N2O/c1-9-3-4-10(2)13(7-9)20-14(21)12-6-5-11(8-19-12)15(16,17)18/h3-4,7,11-12,19H,5-6,8H2,1-2H3,(H,20,21). The van der Waals surface area contributed by atoms with E-state index in [2.05, 4.69) is 10.6 Å². The summed E-state index contributed by atoms with van der Waals surface area (Å²) in [5.74, 6) is -1.63. The molecule has 3 nitrogen and oxygen atoms in total. The minimum atomic E-state index is -4.19. The number of nitrogens with one attached hydrogen (secondary N) is 2. The number of piperidine rings is 1. The molecule has 1 aliphatic rings. The van der Waals surface area contributed by atoms with Gasteiger partial charge in [0.15, 0.2) is 0 Å². The minimum absolute atomic E-state index is 0.0125. The van der Waals surface area contributed by atoms with Crippen molar-refractivity contribution in [1.82, 2.24) is 5.32 Å². The van der Waals surface area contributed by atoms with Gasteiger partial charge in [-0.05, 0) is 43.9 Å². The van der Waals surface area contributed by atoms with E-state index in [1.807, 2.05) is 32.0 Å². The molecule has 1 aromatic carbocycles. The van der Waals surface area contributed by atoms with Crippen molar-refractivity contribution >= 4 is 11.6 Å². The van der Waals surface area contributed by atoms with E-state index in [-0.39, 0.29) is 25.3 Å². The maximum atomic E-state index is 12.6. The van der Waals surface area contributed by atoms with Crippen molar-refractivity contribution in [2.75, 3.05) is 11.9 Å². The number of benzene rings is 1. The highest BCUT2D eigenvalue weighted by atomic mass is 19.4. The monoisotopic (exact) mass is 300 g/mol. The molecule has 1 amide bonds. The maximum Gasteiger partial charge on any atom is 0.393 e. The number of carbonyl (C=O) groups is 1. The molecule has 0 aromatic heterocycles. The van der Waals surface area contributed by atoms with Crippen LogP contribution in [0.1, 0.15) is 24.0 Å². The predicted molar refractivity (Wildman–Crippen MR) is 75.1 cm³/mol. The fourth-order valence-electron chi connectivity index (χ4n) is 2.45. The van der Waals surface area contributed by atoms with Crippen molar-refractivity contribution in [3.8, 4) is 0 Å². The molecule has 2 unspecified atom stereocenters. The third kappa shape index (κ3) is 3.97. The van der Waals surface area contributed by atoms with E-state index in [4.69, 9.17) is 0 Å². The molecule has 1 heterocycles. The number of amides is 1. The normalized spacial score (nSPS) is 22.9. The van der Waals surface area contributed by atoms with E-state index in [1.165, 1.54) is 0 Å². The third-order valence-electron chi connectivity index (χ3n) is 3.84. The number of hydrogen-bond acceptors (Lipinski definition) is 2. The molecule has 0 radical (unpaired) electrons. The molecule has 2 atom stereocenters. The topological polar surface area (TPSA) is 41.1 Å². The molecule has 116 valence electrons. The van der Waals surface area contributed by atoms with E-state index in [0.29, 0.717) is 5.69 Å². The van der Waals surface area contributed by atoms with Crippen LogP contribution in [0.5, 0.6) is 0 Å². The molecule has 1 saturated heterocycles. The Bertz CT molecular complexity index is 520. The highest BCUT2D eigenvalue weighted by molar-refractivity contribution is 5.95.